The lowest BCUT2D eigenvalue weighted by atomic mass is 9.93. The van der Waals surface area contributed by atoms with Crippen LogP contribution in [0.4, 0.5) is 4.79 Å². The van der Waals surface area contributed by atoms with Gasteiger partial charge in [-0.25, -0.2) is 4.79 Å². The molecule has 1 aliphatic heterocycles. The quantitative estimate of drug-likeness (QED) is 0.116. The summed E-state index contributed by atoms with van der Waals surface area (Å²) >= 11 is 0. The van der Waals surface area contributed by atoms with Crippen molar-refractivity contribution < 1.29 is 33.4 Å². The molecule has 0 aliphatic carbocycles. The number of rotatable bonds is 17. The van der Waals surface area contributed by atoms with Gasteiger partial charge in [0.1, 0.15) is 17.2 Å². The molecule has 0 saturated carbocycles. The van der Waals surface area contributed by atoms with Crippen molar-refractivity contribution in [3.8, 4) is 0 Å². The summed E-state index contributed by atoms with van der Waals surface area (Å²) in [5, 5.41) is 10.6. The van der Waals surface area contributed by atoms with Crippen LogP contribution in [0, 0.1) is 11.8 Å². The Bertz CT molecular complexity index is 1360. The number of hydrogen-bond acceptors (Lipinski definition) is 7. The van der Waals surface area contributed by atoms with Gasteiger partial charge < -0.3 is 30.7 Å². The minimum Gasteiger partial charge on any atom is -0.444 e. The second-order valence-corrected chi connectivity index (χ2v) is 15.2. The molecule has 2 aromatic rings. The third-order valence-electron chi connectivity index (χ3n) is 7.84. The van der Waals surface area contributed by atoms with Crippen LogP contribution in [-0.2, 0) is 41.5 Å². The Hall–Kier alpha value is -4.25. The predicted octanol–water partition coefficient (Wildman–Crippen LogP) is 5.93. The first-order valence-electron chi connectivity index (χ1n) is 18.4. The normalized spacial score (nSPS) is 16.4. The minimum absolute atomic E-state index is 0.0576. The van der Waals surface area contributed by atoms with Crippen molar-refractivity contribution in [1.82, 2.24) is 21.3 Å². The summed E-state index contributed by atoms with van der Waals surface area (Å²) in [5.74, 6) is 0.133. The van der Waals surface area contributed by atoms with E-state index in [-0.39, 0.29) is 36.1 Å². The van der Waals surface area contributed by atoms with Crippen LogP contribution in [-0.4, -0.2) is 72.6 Å². The summed E-state index contributed by atoms with van der Waals surface area (Å²) in [5.41, 5.74) is 1.19. The molecule has 1 aliphatic rings. The zero-order valence-corrected chi connectivity index (χ0v) is 33.0. The van der Waals surface area contributed by atoms with Gasteiger partial charge in [-0.3, -0.25) is 19.2 Å². The van der Waals surface area contributed by atoms with Crippen LogP contribution < -0.4 is 21.3 Å². The van der Waals surface area contributed by atoms with E-state index >= 15 is 0 Å². The average Bonchev–Trinajstić information content (AvgIpc) is 3.83. The van der Waals surface area contributed by atoms with Crippen molar-refractivity contribution in [3.63, 3.8) is 0 Å². The molecular formula is C41H64N4O7. The molecule has 4 amide bonds. The summed E-state index contributed by atoms with van der Waals surface area (Å²) in [6.45, 7) is 19.8. The monoisotopic (exact) mass is 724 g/mol. The van der Waals surface area contributed by atoms with E-state index in [1.807, 2.05) is 57.2 Å². The lowest BCUT2D eigenvalue weighted by molar-refractivity contribution is -0.130. The fraction of sp³-hybridized carbons (Fsp3) is 0.585. The maximum atomic E-state index is 12.7. The highest BCUT2D eigenvalue weighted by Crippen LogP contribution is 2.29. The minimum atomic E-state index is -0.745. The molecule has 2 aromatic carbocycles. The van der Waals surface area contributed by atoms with Gasteiger partial charge >= 0.3 is 6.09 Å². The van der Waals surface area contributed by atoms with Gasteiger partial charge in [-0.15, -0.1) is 0 Å². The summed E-state index contributed by atoms with van der Waals surface area (Å²) in [6, 6.07) is 19.3. The Morgan fingerprint density at radius 3 is 1.81 bits per heavy atom. The van der Waals surface area contributed by atoms with Gasteiger partial charge in [0.25, 0.3) is 0 Å². The topological polar surface area (TPSA) is 155 Å². The summed E-state index contributed by atoms with van der Waals surface area (Å²) in [6.07, 6.45) is 3.69. The van der Waals surface area contributed by atoms with Gasteiger partial charge in [0.05, 0.1) is 19.2 Å². The van der Waals surface area contributed by atoms with Crippen molar-refractivity contribution in [1.29, 1.82) is 0 Å². The number of carbonyl (C=O) groups is 5. The van der Waals surface area contributed by atoms with E-state index in [4.69, 9.17) is 9.47 Å². The zero-order valence-electron chi connectivity index (χ0n) is 33.0. The summed E-state index contributed by atoms with van der Waals surface area (Å²) < 4.78 is 10.4. The average molecular weight is 725 g/mol. The number of alkyl carbamates (subject to hydrolysis) is 1. The van der Waals surface area contributed by atoms with Crippen molar-refractivity contribution in [2.75, 3.05) is 13.2 Å². The molecule has 290 valence electrons. The molecule has 52 heavy (non-hydrogen) atoms. The Balaban J connectivity index is 0.000000445. The van der Waals surface area contributed by atoms with Crippen molar-refractivity contribution in [3.05, 3.63) is 71.8 Å². The molecule has 2 unspecified atom stereocenters. The van der Waals surface area contributed by atoms with Crippen LogP contribution in [0.2, 0.25) is 0 Å². The van der Waals surface area contributed by atoms with Crippen LogP contribution in [0.1, 0.15) is 99.6 Å². The molecule has 4 N–H and O–H groups in total. The highest BCUT2D eigenvalue weighted by atomic mass is 16.6. The van der Waals surface area contributed by atoms with Crippen molar-refractivity contribution >= 4 is 30.1 Å². The number of ether oxygens (including phenoxy) is 2. The highest BCUT2D eigenvalue weighted by molar-refractivity contribution is 5.96. The highest BCUT2D eigenvalue weighted by Gasteiger charge is 2.50. The number of carbonyl (C=O) groups excluding carboxylic acids is 5. The Morgan fingerprint density at radius 2 is 1.37 bits per heavy atom. The Morgan fingerprint density at radius 1 is 0.827 bits per heavy atom. The SMILES string of the molecule is CC(C)CC(C)NC(=O)[C@H](CCc1ccccc1)NC(=O)OC(C)(C)C.CC(C)C[C@@H](NC(=O)CNC=O)C(=O)C1(C)CO1.CCc1ccccc1. The second-order valence-electron chi connectivity index (χ2n) is 15.2. The van der Waals surface area contributed by atoms with Gasteiger partial charge in [-0.1, -0.05) is 95.3 Å². The Labute approximate surface area is 311 Å². The molecule has 11 heteroatoms. The predicted molar refractivity (Wildman–Crippen MR) is 206 cm³/mol. The molecule has 4 atom stereocenters. The first-order chi connectivity index (χ1) is 24.4. The molecule has 11 nitrogen and oxygen atoms in total. The number of hydrogen-bond donors (Lipinski definition) is 4. The van der Waals surface area contributed by atoms with Crippen molar-refractivity contribution in [2.45, 2.75) is 131 Å². The maximum Gasteiger partial charge on any atom is 0.408 e. The first-order valence-corrected chi connectivity index (χ1v) is 18.4. The molecule has 1 saturated heterocycles. The fourth-order valence-corrected chi connectivity index (χ4v) is 5.20. The lowest BCUT2D eigenvalue weighted by Gasteiger charge is -2.25. The van der Waals surface area contributed by atoms with Gasteiger partial charge in [0.15, 0.2) is 5.78 Å². The standard InChI is InChI=1S/C21H34N2O3.C12H20N2O4.C8H10/c1-15(2)14-16(3)22-19(24)18(23-20(25)26-21(4,5)6)13-12-17-10-8-7-9-11-17;1-8(2)4-9(11(17)12(3)6-18-12)14-10(16)5-13-7-15;1-2-8-6-4-3-5-7-8/h7-11,15-16,18H,12-14H2,1-6H3,(H,22,24)(H,23,25);7-9H,4-6H2,1-3H3,(H,13,15)(H,14,16);3-7H,2H2,1H3/t16?,18-;9-,12?;/m01./s1. The van der Waals surface area contributed by atoms with Crippen molar-refractivity contribution in [2.24, 2.45) is 11.8 Å². The lowest BCUT2D eigenvalue weighted by Crippen LogP contribution is -2.50. The molecule has 1 heterocycles. The number of amides is 4. The number of nitrogens with one attached hydrogen (secondary N) is 4. The van der Waals surface area contributed by atoms with Gasteiger partial charge in [0.2, 0.25) is 18.2 Å². The van der Waals surface area contributed by atoms with Crippen LogP contribution in [0.25, 0.3) is 0 Å². The number of ketones is 1. The Kier molecular flexibility index (Phi) is 20.5. The third kappa shape index (κ3) is 20.6. The summed E-state index contributed by atoms with van der Waals surface area (Å²) in [7, 11) is 0. The molecule has 0 aromatic heterocycles. The van der Waals surface area contributed by atoms with Gasteiger partial charge in [-0.05, 0) is 89.7 Å². The van der Waals surface area contributed by atoms with E-state index in [2.05, 4.69) is 66.3 Å². The first kappa shape index (κ1) is 45.8. The van der Waals surface area contributed by atoms with E-state index < -0.39 is 29.4 Å². The van der Waals surface area contributed by atoms with E-state index in [0.717, 1.165) is 18.4 Å². The number of aryl methyl sites for hydroxylation is 2. The molecule has 0 bridgehead atoms. The molecular weight excluding hydrogens is 660 g/mol. The van der Waals surface area contributed by atoms with Crippen LogP contribution in [0.3, 0.4) is 0 Å². The smallest absolute Gasteiger partial charge is 0.408 e. The van der Waals surface area contributed by atoms with Gasteiger partial charge in [0, 0.05) is 6.04 Å². The van der Waals surface area contributed by atoms with Crippen LogP contribution >= 0.6 is 0 Å². The molecule has 3 rings (SSSR count). The van der Waals surface area contributed by atoms with E-state index in [9.17, 15) is 24.0 Å². The zero-order chi connectivity index (χ0) is 39.3. The van der Waals surface area contributed by atoms with E-state index in [1.165, 1.54) is 5.56 Å². The van der Waals surface area contributed by atoms with E-state index in [1.54, 1.807) is 27.7 Å². The second kappa shape index (κ2) is 23.3. The maximum absolute atomic E-state index is 12.7. The molecule has 1 fully saturated rings. The molecule has 0 spiro atoms. The third-order valence-corrected chi connectivity index (χ3v) is 7.84. The van der Waals surface area contributed by atoms with Crippen LogP contribution in [0.5, 0.6) is 0 Å². The largest absolute Gasteiger partial charge is 0.444 e. The van der Waals surface area contributed by atoms with Gasteiger partial charge in [-0.2, -0.15) is 0 Å². The van der Waals surface area contributed by atoms with Crippen LogP contribution in [0.15, 0.2) is 60.7 Å². The molecule has 0 radical (unpaired) electrons. The number of epoxide rings is 1. The van der Waals surface area contributed by atoms with E-state index in [0.29, 0.717) is 38.2 Å². The fourth-order valence-electron chi connectivity index (χ4n) is 5.20. The number of benzene rings is 2. The number of Topliss-reactive ketones (excluding diaryl/α,β-unsaturated/α-hetero) is 1. The summed E-state index contributed by atoms with van der Waals surface area (Å²) in [4.78, 5) is 58.6.